The summed E-state index contributed by atoms with van der Waals surface area (Å²) in [5, 5.41) is 8.91. The lowest BCUT2D eigenvalue weighted by molar-refractivity contribution is -0.136. The Morgan fingerprint density at radius 1 is 1.17 bits per heavy atom. The zero-order valence-corrected chi connectivity index (χ0v) is 10.8. The summed E-state index contributed by atoms with van der Waals surface area (Å²) >= 11 is 0. The van der Waals surface area contributed by atoms with Crippen molar-refractivity contribution in [1.82, 2.24) is 9.80 Å². The van der Waals surface area contributed by atoms with Gasteiger partial charge in [-0.25, -0.2) is 0 Å². The average Bonchev–Trinajstić information content (AvgIpc) is 2.34. The summed E-state index contributed by atoms with van der Waals surface area (Å²) in [6.07, 6.45) is 0.115. The van der Waals surface area contributed by atoms with Crippen molar-refractivity contribution in [2.75, 3.05) is 33.2 Å². The number of rotatable bonds is 4. The van der Waals surface area contributed by atoms with Crippen molar-refractivity contribution in [3.63, 3.8) is 0 Å². The van der Waals surface area contributed by atoms with Crippen LogP contribution in [0.4, 0.5) is 0 Å². The molecule has 0 atom stereocenters. The Hall–Kier alpha value is -1.39. The molecule has 1 heterocycles. The van der Waals surface area contributed by atoms with Gasteiger partial charge in [0.15, 0.2) is 0 Å². The van der Waals surface area contributed by atoms with E-state index < -0.39 is 5.97 Å². The van der Waals surface area contributed by atoms with Gasteiger partial charge in [-0.2, -0.15) is 0 Å². The van der Waals surface area contributed by atoms with E-state index in [9.17, 15) is 4.79 Å². The lowest BCUT2D eigenvalue weighted by atomic mass is 10.0. The van der Waals surface area contributed by atoms with Crippen molar-refractivity contribution in [3.8, 4) is 0 Å². The quantitative estimate of drug-likeness (QED) is 0.865. The van der Waals surface area contributed by atoms with Crippen molar-refractivity contribution < 1.29 is 9.90 Å². The van der Waals surface area contributed by atoms with E-state index in [1.54, 1.807) is 0 Å². The molecule has 1 aromatic carbocycles. The molecule has 0 radical (unpaired) electrons. The summed E-state index contributed by atoms with van der Waals surface area (Å²) in [6.45, 7) is 5.13. The molecular formula is C14H20N2O2. The highest BCUT2D eigenvalue weighted by molar-refractivity contribution is 5.70. The molecule has 0 bridgehead atoms. The molecule has 1 aliphatic rings. The van der Waals surface area contributed by atoms with Gasteiger partial charge in [0.1, 0.15) is 0 Å². The summed E-state index contributed by atoms with van der Waals surface area (Å²) in [6, 6.07) is 7.85. The molecule has 0 amide bonds. The summed E-state index contributed by atoms with van der Waals surface area (Å²) < 4.78 is 0. The lowest BCUT2D eigenvalue weighted by Gasteiger charge is -2.32. The second-order valence-electron chi connectivity index (χ2n) is 4.92. The van der Waals surface area contributed by atoms with Gasteiger partial charge < -0.3 is 10.0 Å². The summed E-state index contributed by atoms with van der Waals surface area (Å²) in [4.78, 5) is 15.5. The smallest absolute Gasteiger partial charge is 0.307 e. The van der Waals surface area contributed by atoms with Crippen LogP contribution in [0.5, 0.6) is 0 Å². The van der Waals surface area contributed by atoms with Crippen molar-refractivity contribution in [1.29, 1.82) is 0 Å². The van der Waals surface area contributed by atoms with Crippen molar-refractivity contribution in [2.24, 2.45) is 0 Å². The van der Waals surface area contributed by atoms with Crippen LogP contribution in [-0.4, -0.2) is 54.1 Å². The maximum absolute atomic E-state index is 10.8. The number of likely N-dealkylation sites (N-methyl/N-ethyl adjacent to an activating group) is 1. The van der Waals surface area contributed by atoms with E-state index >= 15 is 0 Å². The Labute approximate surface area is 108 Å². The van der Waals surface area contributed by atoms with Crippen LogP contribution in [0, 0.1) is 0 Å². The van der Waals surface area contributed by atoms with E-state index in [1.807, 2.05) is 24.3 Å². The minimum Gasteiger partial charge on any atom is -0.481 e. The normalized spacial score (nSPS) is 17.8. The standard InChI is InChI=1S/C14H20N2O2/c1-15-6-8-16(9-7-15)11-13-5-3-2-4-12(13)10-14(17)18/h2-5H,6-11H2,1H3,(H,17,18). The minimum atomic E-state index is -0.763. The van der Waals surface area contributed by atoms with Gasteiger partial charge >= 0.3 is 5.97 Å². The van der Waals surface area contributed by atoms with E-state index in [0.717, 1.165) is 43.9 Å². The van der Waals surface area contributed by atoms with E-state index in [4.69, 9.17) is 5.11 Å². The highest BCUT2D eigenvalue weighted by Crippen LogP contribution is 2.13. The summed E-state index contributed by atoms with van der Waals surface area (Å²) in [5.41, 5.74) is 2.08. The Kier molecular flexibility index (Phi) is 4.33. The number of carboxylic acid groups (broad SMARTS) is 1. The van der Waals surface area contributed by atoms with Gasteiger partial charge in [-0.1, -0.05) is 24.3 Å². The van der Waals surface area contributed by atoms with Crippen LogP contribution in [0.25, 0.3) is 0 Å². The number of carbonyl (C=O) groups is 1. The largest absolute Gasteiger partial charge is 0.481 e. The Morgan fingerprint density at radius 3 is 2.39 bits per heavy atom. The SMILES string of the molecule is CN1CCN(Cc2ccccc2CC(=O)O)CC1. The Balaban J connectivity index is 2.02. The second kappa shape index (κ2) is 5.98. The van der Waals surface area contributed by atoms with Gasteiger partial charge in [0, 0.05) is 32.7 Å². The number of carboxylic acids is 1. The molecule has 0 aliphatic carbocycles. The van der Waals surface area contributed by atoms with Crippen molar-refractivity contribution in [3.05, 3.63) is 35.4 Å². The van der Waals surface area contributed by atoms with Crippen molar-refractivity contribution in [2.45, 2.75) is 13.0 Å². The Bertz CT molecular complexity index is 412. The molecule has 0 saturated carbocycles. The second-order valence-corrected chi connectivity index (χ2v) is 4.92. The van der Waals surface area contributed by atoms with Crippen LogP contribution in [0.1, 0.15) is 11.1 Å². The van der Waals surface area contributed by atoms with Crippen LogP contribution < -0.4 is 0 Å². The number of benzene rings is 1. The molecule has 1 fully saturated rings. The fraction of sp³-hybridized carbons (Fsp3) is 0.500. The molecule has 1 N–H and O–H groups in total. The van der Waals surface area contributed by atoms with Gasteiger partial charge in [-0.15, -0.1) is 0 Å². The number of hydrogen-bond acceptors (Lipinski definition) is 3. The van der Waals surface area contributed by atoms with Gasteiger partial charge in [0.2, 0.25) is 0 Å². The van der Waals surface area contributed by atoms with Crippen LogP contribution >= 0.6 is 0 Å². The van der Waals surface area contributed by atoms with Crippen LogP contribution in [-0.2, 0) is 17.8 Å². The first kappa shape index (κ1) is 13.1. The Morgan fingerprint density at radius 2 is 1.78 bits per heavy atom. The topological polar surface area (TPSA) is 43.8 Å². The third-order valence-corrected chi connectivity index (χ3v) is 3.45. The predicted octanol–water partition coefficient (Wildman–Crippen LogP) is 1.06. The number of aliphatic carboxylic acids is 1. The van der Waals surface area contributed by atoms with Crippen molar-refractivity contribution >= 4 is 5.97 Å². The van der Waals surface area contributed by atoms with E-state index in [0.29, 0.717) is 0 Å². The van der Waals surface area contributed by atoms with E-state index in [1.165, 1.54) is 0 Å². The fourth-order valence-corrected chi connectivity index (χ4v) is 2.29. The van der Waals surface area contributed by atoms with Gasteiger partial charge in [-0.05, 0) is 18.2 Å². The lowest BCUT2D eigenvalue weighted by Crippen LogP contribution is -2.44. The zero-order valence-electron chi connectivity index (χ0n) is 10.8. The molecular weight excluding hydrogens is 228 g/mol. The molecule has 4 heteroatoms. The monoisotopic (exact) mass is 248 g/mol. The average molecular weight is 248 g/mol. The molecule has 2 rings (SSSR count). The number of nitrogens with zero attached hydrogens (tertiary/aromatic N) is 2. The first-order chi connectivity index (χ1) is 8.65. The van der Waals surface area contributed by atoms with Gasteiger partial charge in [0.25, 0.3) is 0 Å². The minimum absolute atomic E-state index is 0.115. The molecule has 0 unspecified atom stereocenters. The molecule has 4 nitrogen and oxygen atoms in total. The maximum Gasteiger partial charge on any atom is 0.307 e. The highest BCUT2D eigenvalue weighted by Gasteiger charge is 2.15. The molecule has 0 spiro atoms. The molecule has 98 valence electrons. The van der Waals surface area contributed by atoms with Crippen LogP contribution in [0.3, 0.4) is 0 Å². The van der Waals surface area contributed by atoms with E-state index in [2.05, 4.69) is 16.8 Å². The molecule has 1 aromatic rings. The third-order valence-electron chi connectivity index (χ3n) is 3.45. The van der Waals surface area contributed by atoms with Gasteiger partial charge in [-0.3, -0.25) is 9.69 Å². The fourth-order valence-electron chi connectivity index (χ4n) is 2.29. The molecule has 1 aliphatic heterocycles. The summed E-state index contributed by atoms with van der Waals surface area (Å²) in [5.74, 6) is -0.763. The maximum atomic E-state index is 10.8. The molecule has 0 aromatic heterocycles. The summed E-state index contributed by atoms with van der Waals surface area (Å²) in [7, 11) is 2.13. The van der Waals surface area contributed by atoms with Crippen LogP contribution in [0.2, 0.25) is 0 Å². The van der Waals surface area contributed by atoms with Crippen LogP contribution in [0.15, 0.2) is 24.3 Å². The number of hydrogen-bond donors (Lipinski definition) is 1. The van der Waals surface area contributed by atoms with E-state index in [-0.39, 0.29) is 6.42 Å². The van der Waals surface area contributed by atoms with Gasteiger partial charge in [0.05, 0.1) is 6.42 Å². The number of piperazine rings is 1. The molecule has 18 heavy (non-hydrogen) atoms. The molecule has 1 saturated heterocycles. The highest BCUT2D eigenvalue weighted by atomic mass is 16.4. The first-order valence-electron chi connectivity index (χ1n) is 6.34. The zero-order chi connectivity index (χ0) is 13.0. The third kappa shape index (κ3) is 3.55. The first-order valence-corrected chi connectivity index (χ1v) is 6.34. The predicted molar refractivity (Wildman–Crippen MR) is 70.6 cm³/mol.